The first kappa shape index (κ1) is 13.3. The van der Waals surface area contributed by atoms with Crippen molar-refractivity contribution in [2.45, 2.75) is 31.2 Å². The van der Waals surface area contributed by atoms with Crippen LogP contribution in [0, 0.1) is 5.82 Å². The molecule has 0 saturated heterocycles. The molecule has 1 aromatic carbocycles. The van der Waals surface area contributed by atoms with E-state index in [9.17, 15) is 4.39 Å². The Labute approximate surface area is 118 Å². The topological polar surface area (TPSA) is 29.9 Å². The Kier molecular flexibility index (Phi) is 3.83. The highest BCUT2D eigenvalue weighted by molar-refractivity contribution is 5.23. The van der Waals surface area contributed by atoms with E-state index in [0.717, 1.165) is 37.2 Å². The second-order valence-electron chi connectivity index (χ2n) is 5.58. The molecule has 1 aliphatic carbocycles. The Bertz CT molecular complexity index is 573. The van der Waals surface area contributed by atoms with Crippen molar-refractivity contribution in [2.24, 2.45) is 7.05 Å². The van der Waals surface area contributed by atoms with Crippen LogP contribution in [0.2, 0.25) is 0 Å². The van der Waals surface area contributed by atoms with Gasteiger partial charge in [0.05, 0.1) is 0 Å². The van der Waals surface area contributed by atoms with Gasteiger partial charge in [0.25, 0.3) is 0 Å². The van der Waals surface area contributed by atoms with Crippen LogP contribution < -0.4 is 5.32 Å². The van der Waals surface area contributed by atoms with Crippen LogP contribution in [0.4, 0.5) is 4.39 Å². The van der Waals surface area contributed by atoms with Gasteiger partial charge in [-0.05, 0) is 36.5 Å². The van der Waals surface area contributed by atoms with Crippen molar-refractivity contribution in [3.8, 4) is 0 Å². The van der Waals surface area contributed by atoms with Gasteiger partial charge in [0.1, 0.15) is 11.6 Å². The lowest BCUT2D eigenvalue weighted by Crippen LogP contribution is -2.41. The highest BCUT2D eigenvalue weighted by atomic mass is 19.1. The normalized spacial score (nSPS) is 21.7. The lowest BCUT2D eigenvalue weighted by Gasteiger charge is -2.36. The van der Waals surface area contributed by atoms with E-state index in [2.05, 4.69) is 14.9 Å². The number of rotatable bonds is 5. The van der Waals surface area contributed by atoms with Crippen LogP contribution in [-0.2, 0) is 13.5 Å². The molecule has 4 heteroatoms. The number of nitrogens with one attached hydrogen (secondary N) is 1. The van der Waals surface area contributed by atoms with Gasteiger partial charge >= 0.3 is 0 Å². The fourth-order valence-corrected chi connectivity index (χ4v) is 2.84. The van der Waals surface area contributed by atoms with Crippen LogP contribution in [0.15, 0.2) is 36.7 Å². The van der Waals surface area contributed by atoms with Crippen LogP contribution >= 0.6 is 0 Å². The van der Waals surface area contributed by atoms with Crippen LogP contribution in [0.25, 0.3) is 0 Å². The average molecular weight is 273 g/mol. The molecule has 0 bridgehead atoms. The highest BCUT2D eigenvalue weighted by Gasteiger charge is 2.29. The second-order valence-corrected chi connectivity index (χ2v) is 5.58. The van der Waals surface area contributed by atoms with Crippen LogP contribution in [-0.4, -0.2) is 22.1 Å². The molecule has 1 aliphatic rings. The van der Waals surface area contributed by atoms with E-state index in [1.807, 2.05) is 25.5 Å². The van der Waals surface area contributed by atoms with E-state index >= 15 is 0 Å². The molecule has 2 aromatic rings. The maximum atomic E-state index is 13.2. The number of aryl methyl sites for hydroxylation is 1. The van der Waals surface area contributed by atoms with Gasteiger partial charge in [0.2, 0.25) is 0 Å². The zero-order chi connectivity index (χ0) is 13.9. The molecule has 0 aliphatic heterocycles. The molecule has 1 aromatic heterocycles. The fourth-order valence-electron chi connectivity index (χ4n) is 2.84. The molecule has 1 heterocycles. The Morgan fingerprint density at radius 2 is 2.25 bits per heavy atom. The van der Waals surface area contributed by atoms with Gasteiger partial charge in [-0.25, -0.2) is 9.37 Å². The molecule has 0 amide bonds. The molecule has 1 fully saturated rings. The van der Waals surface area contributed by atoms with Crippen molar-refractivity contribution in [3.05, 3.63) is 53.9 Å². The summed E-state index contributed by atoms with van der Waals surface area (Å²) in [4.78, 5) is 4.31. The van der Waals surface area contributed by atoms with E-state index in [0.29, 0.717) is 12.0 Å². The largest absolute Gasteiger partial charge is 0.338 e. The van der Waals surface area contributed by atoms with E-state index in [4.69, 9.17) is 0 Å². The van der Waals surface area contributed by atoms with Crippen molar-refractivity contribution < 1.29 is 4.39 Å². The van der Waals surface area contributed by atoms with E-state index in [-0.39, 0.29) is 5.82 Å². The number of halogens is 1. The SMILES string of the molecule is Cn1ccnc1CCNC1CC(c2cccc(F)c2)C1. The van der Waals surface area contributed by atoms with Crippen molar-refractivity contribution in [1.29, 1.82) is 0 Å². The number of hydrogen-bond acceptors (Lipinski definition) is 2. The Morgan fingerprint density at radius 3 is 2.95 bits per heavy atom. The molecule has 1 N–H and O–H groups in total. The number of benzene rings is 1. The first-order valence-electron chi connectivity index (χ1n) is 7.17. The van der Waals surface area contributed by atoms with Crippen molar-refractivity contribution in [1.82, 2.24) is 14.9 Å². The summed E-state index contributed by atoms with van der Waals surface area (Å²) < 4.78 is 15.2. The van der Waals surface area contributed by atoms with Crippen molar-refractivity contribution >= 4 is 0 Å². The quantitative estimate of drug-likeness (QED) is 0.907. The molecule has 20 heavy (non-hydrogen) atoms. The average Bonchev–Trinajstić information content (AvgIpc) is 2.78. The lowest BCUT2D eigenvalue weighted by molar-refractivity contribution is 0.291. The maximum absolute atomic E-state index is 13.2. The molecule has 0 spiro atoms. The van der Waals surface area contributed by atoms with Gasteiger partial charge in [0.15, 0.2) is 0 Å². The minimum absolute atomic E-state index is 0.131. The number of imidazole rings is 1. The summed E-state index contributed by atoms with van der Waals surface area (Å²) in [5.74, 6) is 1.49. The fraction of sp³-hybridized carbons (Fsp3) is 0.438. The third-order valence-electron chi connectivity index (χ3n) is 4.16. The molecule has 0 atom stereocenters. The predicted octanol–water partition coefficient (Wildman–Crippen LogP) is 2.64. The summed E-state index contributed by atoms with van der Waals surface area (Å²) in [5.41, 5.74) is 1.13. The number of hydrogen-bond donors (Lipinski definition) is 1. The van der Waals surface area contributed by atoms with Gasteiger partial charge in [-0.15, -0.1) is 0 Å². The Hall–Kier alpha value is -1.68. The highest BCUT2D eigenvalue weighted by Crippen LogP contribution is 2.36. The van der Waals surface area contributed by atoms with Gasteiger partial charge in [-0.1, -0.05) is 12.1 Å². The summed E-state index contributed by atoms with van der Waals surface area (Å²) >= 11 is 0. The van der Waals surface area contributed by atoms with Gasteiger partial charge in [0, 0.05) is 38.4 Å². The monoisotopic (exact) mass is 273 g/mol. The zero-order valence-corrected chi connectivity index (χ0v) is 11.7. The first-order valence-corrected chi connectivity index (χ1v) is 7.17. The van der Waals surface area contributed by atoms with Gasteiger partial charge < -0.3 is 9.88 Å². The van der Waals surface area contributed by atoms with Crippen LogP contribution in [0.5, 0.6) is 0 Å². The summed E-state index contributed by atoms with van der Waals surface area (Å²) in [6, 6.07) is 7.55. The molecular formula is C16H20FN3. The third kappa shape index (κ3) is 2.90. The molecule has 0 radical (unpaired) electrons. The van der Waals surface area contributed by atoms with Crippen LogP contribution in [0.3, 0.4) is 0 Å². The number of nitrogens with zero attached hydrogens (tertiary/aromatic N) is 2. The Morgan fingerprint density at radius 1 is 1.40 bits per heavy atom. The summed E-state index contributed by atoms with van der Waals surface area (Å²) in [7, 11) is 2.02. The minimum Gasteiger partial charge on any atom is -0.338 e. The second kappa shape index (κ2) is 5.75. The maximum Gasteiger partial charge on any atom is 0.123 e. The van der Waals surface area contributed by atoms with Crippen LogP contribution in [0.1, 0.15) is 30.1 Å². The summed E-state index contributed by atoms with van der Waals surface area (Å²) in [6.07, 6.45) is 6.95. The predicted molar refractivity (Wildman–Crippen MR) is 77.1 cm³/mol. The number of aromatic nitrogens is 2. The van der Waals surface area contributed by atoms with E-state index < -0.39 is 0 Å². The van der Waals surface area contributed by atoms with E-state index in [1.54, 1.807) is 12.1 Å². The summed E-state index contributed by atoms with van der Waals surface area (Å²) in [6.45, 7) is 0.950. The van der Waals surface area contributed by atoms with Crippen molar-refractivity contribution in [3.63, 3.8) is 0 Å². The minimum atomic E-state index is -0.131. The first-order chi connectivity index (χ1) is 9.72. The molecule has 3 rings (SSSR count). The van der Waals surface area contributed by atoms with E-state index in [1.165, 1.54) is 6.07 Å². The molecule has 3 nitrogen and oxygen atoms in total. The molecule has 1 saturated carbocycles. The summed E-state index contributed by atoms with van der Waals surface area (Å²) in [5, 5.41) is 3.55. The standard InChI is InChI=1S/C16H20FN3/c1-20-8-7-19-16(20)5-6-18-15-10-13(11-15)12-3-2-4-14(17)9-12/h2-4,7-9,13,15,18H,5-6,10-11H2,1H3. The zero-order valence-electron chi connectivity index (χ0n) is 11.7. The third-order valence-corrected chi connectivity index (χ3v) is 4.16. The molecule has 0 unspecified atom stereocenters. The molecule has 106 valence electrons. The van der Waals surface area contributed by atoms with Gasteiger partial charge in [-0.3, -0.25) is 0 Å². The molecular weight excluding hydrogens is 253 g/mol. The smallest absolute Gasteiger partial charge is 0.123 e. The Balaban J connectivity index is 1.41. The lowest BCUT2D eigenvalue weighted by atomic mass is 9.76. The van der Waals surface area contributed by atoms with Crippen molar-refractivity contribution in [2.75, 3.05) is 6.54 Å². The van der Waals surface area contributed by atoms with Gasteiger partial charge in [-0.2, -0.15) is 0 Å².